The standard InChI is InChI=1S/C27H32N4/c1-5-18-13-14-26(6-2)17-27(26,7-3)23-21(24(28)29-16-18)15-20-19-11-9-10-12-22(19)31(8-4)25(20)30-23/h9-16H,5-8,17H2,1-4H3,(H2,28,29)/t26-,27?/m0/s1. The number of nitrogens with zero attached hydrogens (tertiary/aromatic N) is 3. The predicted octanol–water partition coefficient (Wildman–Crippen LogP) is 6.23. The maximum Gasteiger partial charge on any atom is 0.141 e. The molecule has 2 atom stereocenters. The van der Waals surface area contributed by atoms with Crippen LogP contribution in [0.1, 0.15) is 64.6 Å². The number of benzene rings is 1. The van der Waals surface area contributed by atoms with Gasteiger partial charge in [-0.2, -0.15) is 0 Å². The Bertz CT molecular complexity index is 1280. The molecule has 2 aromatic heterocycles. The largest absolute Gasteiger partial charge is 0.383 e. The molecule has 160 valence electrons. The van der Waals surface area contributed by atoms with Crippen molar-refractivity contribution in [2.24, 2.45) is 16.1 Å². The minimum absolute atomic E-state index is 0.00707. The van der Waals surface area contributed by atoms with Gasteiger partial charge in [-0.1, -0.05) is 51.1 Å². The zero-order valence-corrected chi connectivity index (χ0v) is 19.1. The van der Waals surface area contributed by atoms with Crippen LogP contribution in [-0.4, -0.2) is 15.4 Å². The first-order valence-electron chi connectivity index (χ1n) is 11.7. The van der Waals surface area contributed by atoms with Gasteiger partial charge in [-0.05, 0) is 50.3 Å². The quantitative estimate of drug-likeness (QED) is 0.552. The van der Waals surface area contributed by atoms with Gasteiger partial charge >= 0.3 is 0 Å². The lowest BCUT2D eigenvalue weighted by Crippen LogP contribution is -2.25. The highest BCUT2D eigenvalue weighted by Gasteiger charge is 2.66. The summed E-state index contributed by atoms with van der Waals surface area (Å²) in [6, 6.07) is 10.8. The molecule has 31 heavy (non-hydrogen) atoms. The number of allylic oxidation sites excluding steroid dienone is 3. The minimum atomic E-state index is 0.00707. The van der Waals surface area contributed by atoms with Crippen molar-refractivity contribution in [2.45, 2.75) is 65.3 Å². The van der Waals surface area contributed by atoms with Crippen molar-refractivity contribution >= 4 is 27.8 Å². The van der Waals surface area contributed by atoms with Crippen LogP contribution < -0.4 is 5.73 Å². The summed E-state index contributed by atoms with van der Waals surface area (Å²) >= 11 is 0. The number of hydrogen-bond acceptors (Lipinski definition) is 3. The summed E-state index contributed by atoms with van der Waals surface area (Å²) in [4.78, 5) is 10.1. The third-order valence-electron chi connectivity index (χ3n) is 7.86. The summed E-state index contributed by atoms with van der Waals surface area (Å²) in [7, 11) is 0. The van der Waals surface area contributed by atoms with Crippen LogP contribution in [0.15, 0.2) is 59.2 Å². The maximum atomic E-state index is 6.64. The van der Waals surface area contributed by atoms with E-state index in [9.17, 15) is 0 Å². The molecule has 3 heterocycles. The van der Waals surface area contributed by atoms with Crippen molar-refractivity contribution in [3.05, 3.63) is 65.5 Å². The summed E-state index contributed by atoms with van der Waals surface area (Å²) in [5, 5.41) is 2.39. The van der Waals surface area contributed by atoms with E-state index in [1.54, 1.807) is 0 Å². The Morgan fingerprint density at radius 2 is 1.87 bits per heavy atom. The third-order valence-corrected chi connectivity index (χ3v) is 7.86. The van der Waals surface area contributed by atoms with Crippen LogP contribution in [0.4, 0.5) is 0 Å². The Labute approximate surface area is 184 Å². The van der Waals surface area contributed by atoms with E-state index in [1.807, 2.05) is 6.20 Å². The van der Waals surface area contributed by atoms with E-state index in [4.69, 9.17) is 15.7 Å². The van der Waals surface area contributed by atoms with Crippen LogP contribution >= 0.6 is 0 Å². The number of aryl methyl sites for hydroxylation is 1. The molecule has 1 fully saturated rings. The molecule has 0 saturated heterocycles. The minimum Gasteiger partial charge on any atom is -0.383 e. The number of fused-ring (bicyclic) bond motifs is 6. The zero-order chi connectivity index (χ0) is 21.8. The molecule has 1 unspecified atom stereocenters. The van der Waals surface area contributed by atoms with E-state index in [-0.39, 0.29) is 10.8 Å². The summed E-state index contributed by atoms with van der Waals surface area (Å²) in [5.41, 5.74) is 12.4. The Morgan fingerprint density at radius 1 is 1.06 bits per heavy atom. The van der Waals surface area contributed by atoms with Crippen LogP contribution in [0, 0.1) is 5.41 Å². The number of amidine groups is 1. The van der Waals surface area contributed by atoms with Crippen molar-refractivity contribution in [2.75, 3.05) is 0 Å². The number of rotatable bonds is 4. The second-order valence-electron chi connectivity index (χ2n) is 9.04. The van der Waals surface area contributed by atoms with Gasteiger partial charge in [-0.25, -0.2) is 9.98 Å². The van der Waals surface area contributed by atoms with Crippen LogP contribution in [0.5, 0.6) is 0 Å². The van der Waals surface area contributed by atoms with E-state index < -0.39 is 0 Å². The number of para-hydroxylation sites is 1. The highest BCUT2D eigenvalue weighted by molar-refractivity contribution is 6.10. The smallest absolute Gasteiger partial charge is 0.141 e. The second kappa shape index (κ2) is 7.08. The molecule has 0 spiro atoms. The normalized spacial score (nSPS) is 25.2. The number of pyridine rings is 1. The van der Waals surface area contributed by atoms with Gasteiger partial charge < -0.3 is 10.3 Å². The molecular formula is C27H32N4. The SMILES string of the molecule is CCC1=CN=C(N)c2cc3c4ccccc4n(CC)c3nc2C2(CC)C[C@]2(CC)C=C1. The Balaban J connectivity index is 1.89. The second-order valence-corrected chi connectivity index (χ2v) is 9.04. The first-order chi connectivity index (χ1) is 15.0. The molecule has 3 aromatic rings. The van der Waals surface area contributed by atoms with Gasteiger partial charge in [0, 0.05) is 39.9 Å². The molecule has 4 heteroatoms. The molecule has 1 aromatic carbocycles. The Morgan fingerprint density at radius 3 is 2.58 bits per heavy atom. The van der Waals surface area contributed by atoms with Gasteiger partial charge in [-0.15, -0.1) is 0 Å². The molecule has 0 bridgehead atoms. The average Bonchev–Trinajstić information content (AvgIpc) is 3.38. The average molecular weight is 413 g/mol. The van der Waals surface area contributed by atoms with Gasteiger partial charge in [0.05, 0.1) is 11.2 Å². The molecule has 5 rings (SSSR count). The first-order valence-corrected chi connectivity index (χ1v) is 11.7. The van der Waals surface area contributed by atoms with Gasteiger partial charge in [0.15, 0.2) is 0 Å². The van der Waals surface area contributed by atoms with Crippen molar-refractivity contribution in [1.82, 2.24) is 9.55 Å². The summed E-state index contributed by atoms with van der Waals surface area (Å²) < 4.78 is 2.33. The Kier molecular flexibility index (Phi) is 4.58. The van der Waals surface area contributed by atoms with Crippen LogP contribution in [0.25, 0.3) is 21.9 Å². The van der Waals surface area contributed by atoms with E-state index in [2.05, 4.69) is 74.7 Å². The molecular weight excluding hydrogens is 380 g/mol. The Hall–Kier alpha value is -2.88. The molecule has 1 aliphatic heterocycles. The molecule has 0 radical (unpaired) electrons. The highest BCUT2D eigenvalue weighted by atomic mass is 15.0. The van der Waals surface area contributed by atoms with Crippen molar-refractivity contribution in [3.63, 3.8) is 0 Å². The van der Waals surface area contributed by atoms with Crippen molar-refractivity contribution in [1.29, 1.82) is 0 Å². The zero-order valence-electron chi connectivity index (χ0n) is 19.1. The van der Waals surface area contributed by atoms with Crippen LogP contribution in [0.3, 0.4) is 0 Å². The van der Waals surface area contributed by atoms with Crippen molar-refractivity contribution < 1.29 is 0 Å². The number of nitrogens with two attached hydrogens (primary N) is 1. The molecule has 1 saturated carbocycles. The number of aliphatic imine (C=N–C) groups is 1. The fraction of sp³-hybridized carbons (Fsp3) is 0.407. The van der Waals surface area contributed by atoms with Gasteiger partial charge in [0.1, 0.15) is 11.5 Å². The first kappa shape index (κ1) is 20.0. The fourth-order valence-corrected chi connectivity index (χ4v) is 5.84. The van der Waals surface area contributed by atoms with Crippen molar-refractivity contribution in [3.8, 4) is 0 Å². The third kappa shape index (κ3) is 2.67. The van der Waals surface area contributed by atoms with Gasteiger partial charge in [0.2, 0.25) is 0 Å². The van der Waals surface area contributed by atoms with E-state index in [0.29, 0.717) is 5.84 Å². The van der Waals surface area contributed by atoms with E-state index >= 15 is 0 Å². The lowest BCUT2D eigenvalue weighted by molar-refractivity contribution is 0.468. The molecule has 2 aliphatic rings. The lowest BCUT2D eigenvalue weighted by atomic mass is 9.82. The van der Waals surface area contributed by atoms with E-state index in [0.717, 1.165) is 54.5 Å². The fourth-order valence-electron chi connectivity index (χ4n) is 5.84. The molecule has 4 nitrogen and oxygen atoms in total. The predicted molar refractivity (Wildman–Crippen MR) is 130 cm³/mol. The highest BCUT2D eigenvalue weighted by Crippen LogP contribution is 2.69. The maximum absolute atomic E-state index is 6.64. The summed E-state index contributed by atoms with van der Waals surface area (Å²) in [6.07, 6.45) is 10.8. The summed E-state index contributed by atoms with van der Waals surface area (Å²) in [6.45, 7) is 9.86. The topological polar surface area (TPSA) is 56.2 Å². The lowest BCUT2D eigenvalue weighted by Gasteiger charge is -2.24. The molecule has 1 aliphatic carbocycles. The van der Waals surface area contributed by atoms with Crippen LogP contribution in [-0.2, 0) is 12.0 Å². The molecule has 0 amide bonds. The molecule has 2 N–H and O–H groups in total. The van der Waals surface area contributed by atoms with E-state index in [1.165, 1.54) is 16.5 Å². The monoisotopic (exact) mass is 412 g/mol. The van der Waals surface area contributed by atoms with Gasteiger partial charge in [0.25, 0.3) is 0 Å². The number of hydrogen-bond donors (Lipinski definition) is 1. The summed E-state index contributed by atoms with van der Waals surface area (Å²) in [5.74, 6) is 0.573. The van der Waals surface area contributed by atoms with Crippen LogP contribution in [0.2, 0.25) is 0 Å². The number of aromatic nitrogens is 2. The van der Waals surface area contributed by atoms with Gasteiger partial charge in [-0.3, -0.25) is 0 Å².